The van der Waals surface area contributed by atoms with E-state index in [1.807, 2.05) is 13.8 Å². The van der Waals surface area contributed by atoms with Crippen molar-refractivity contribution in [2.45, 2.75) is 49.3 Å². The van der Waals surface area contributed by atoms with Crippen LogP contribution in [0.25, 0.3) is 0 Å². The molecule has 2 heterocycles. The molecule has 3 aliphatic rings. The fourth-order valence-electron chi connectivity index (χ4n) is 5.46. The summed E-state index contributed by atoms with van der Waals surface area (Å²) < 4.78 is 55.8. The molecule has 0 spiro atoms. The molecule has 0 N–H and O–H groups in total. The number of hydrogen-bond donors (Lipinski definition) is 0. The van der Waals surface area contributed by atoms with Crippen molar-refractivity contribution in [1.82, 2.24) is 8.61 Å². The minimum absolute atomic E-state index is 0.0154. The number of sulfonamides is 2. The molecule has 0 amide bonds. The van der Waals surface area contributed by atoms with E-state index >= 15 is 0 Å². The highest BCUT2D eigenvalue weighted by molar-refractivity contribution is 7.89. The lowest BCUT2D eigenvalue weighted by atomic mass is 9.84. The van der Waals surface area contributed by atoms with Gasteiger partial charge in [0.15, 0.2) is 11.6 Å². The van der Waals surface area contributed by atoms with Crippen LogP contribution in [0.5, 0.6) is 0 Å². The van der Waals surface area contributed by atoms with Gasteiger partial charge in [-0.1, -0.05) is 13.8 Å². The fraction of sp³-hybridized carbons (Fsp3) is 0.462. The molecule has 8 nitrogen and oxygen atoms in total. The average molecular weight is 531 g/mol. The van der Waals surface area contributed by atoms with Crippen LogP contribution in [-0.4, -0.2) is 63.2 Å². The average Bonchev–Trinajstić information content (AvgIpc) is 2.86. The third-order valence-electron chi connectivity index (χ3n) is 7.48. The molecule has 0 aromatic heterocycles. The van der Waals surface area contributed by atoms with Gasteiger partial charge < -0.3 is 0 Å². The predicted molar refractivity (Wildman–Crippen MR) is 134 cm³/mol. The summed E-state index contributed by atoms with van der Waals surface area (Å²) in [7, 11) is -7.61. The maximum Gasteiger partial charge on any atom is 0.243 e. The molecule has 0 radical (unpaired) electrons. The Kier molecular flexibility index (Phi) is 6.43. The molecule has 1 aliphatic carbocycles. The quantitative estimate of drug-likeness (QED) is 0.512. The zero-order valence-corrected chi connectivity index (χ0v) is 22.1. The minimum Gasteiger partial charge on any atom is -0.289 e. The van der Waals surface area contributed by atoms with Gasteiger partial charge in [0, 0.05) is 48.4 Å². The topological polar surface area (TPSA) is 109 Å². The van der Waals surface area contributed by atoms with Gasteiger partial charge in [0.1, 0.15) is 0 Å². The lowest BCUT2D eigenvalue weighted by molar-refractivity contribution is 0.0978. The predicted octanol–water partition coefficient (Wildman–Crippen LogP) is 3.30. The van der Waals surface area contributed by atoms with Gasteiger partial charge in [-0.3, -0.25) is 9.59 Å². The molecule has 2 saturated heterocycles. The van der Waals surface area contributed by atoms with Gasteiger partial charge in [0.05, 0.1) is 9.79 Å². The molecule has 0 bridgehead atoms. The van der Waals surface area contributed by atoms with Crippen molar-refractivity contribution in [2.24, 2.45) is 11.8 Å². The van der Waals surface area contributed by atoms with Crippen molar-refractivity contribution in [3.63, 3.8) is 0 Å². The molecule has 192 valence electrons. The molecule has 2 aromatic carbocycles. The first-order valence-corrected chi connectivity index (χ1v) is 15.3. The first-order valence-electron chi connectivity index (χ1n) is 12.4. The molecule has 5 rings (SSSR count). The van der Waals surface area contributed by atoms with Gasteiger partial charge in [0.25, 0.3) is 0 Å². The number of rotatable bonds is 4. The van der Waals surface area contributed by atoms with E-state index in [2.05, 4.69) is 0 Å². The zero-order valence-electron chi connectivity index (χ0n) is 20.4. The number of fused-ring (bicyclic) bond motifs is 2. The molecule has 2 atom stereocenters. The van der Waals surface area contributed by atoms with Crippen LogP contribution in [0.2, 0.25) is 0 Å². The number of benzene rings is 2. The first kappa shape index (κ1) is 25.3. The van der Waals surface area contributed by atoms with Crippen molar-refractivity contribution in [2.75, 3.05) is 26.2 Å². The second-order valence-electron chi connectivity index (χ2n) is 10.3. The number of ketones is 2. The van der Waals surface area contributed by atoms with Crippen molar-refractivity contribution in [3.05, 3.63) is 58.7 Å². The van der Waals surface area contributed by atoms with Crippen LogP contribution in [0.3, 0.4) is 0 Å². The Morgan fingerprint density at radius 3 is 1.39 bits per heavy atom. The van der Waals surface area contributed by atoms with Crippen LogP contribution in [-0.2, 0) is 20.0 Å². The summed E-state index contributed by atoms with van der Waals surface area (Å²) in [5.41, 5.74) is 0.220. The van der Waals surface area contributed by atoms with E-state index in [0.29, 0.717) is 26.2 Å². The SMILES string of the molecule is CC1CCCN(S(=O)(=O)c2ccc3c(c2)C(=O)c2ccc(S(=O)(=O)N4CCCC(C)C4)cc2C3=O)C1. The van der Waals surface area contributed by atoms with Crippen LogP contribution in [0.1, 0.15) is 71.4 Å². The first-order chi connectivity index (χ1) is 17.0. The van der Waals surface area contributed by atoms with Crippen LogP contribution in [0.15, 0.2) is 46.2 Å². The Morgan fingerprint density at radius 2 is 1.03 bits per heavy atom. The summed E-state index contributed by atoms with van der Waals surface area (Å²) in [4.78, 5) is 26.7. The summed E-state index contributed by atoms with van der Waals surface area (Å²) in [5, 5.41) is 0. The summed E-state index contributed by atoms with van der Waals surface area (Å²) in [6.45, 7) is 5.70. The summed E-state index contributed by atoms with van der Waals surface area (Å²) in [6.07, 6.45) is 3.48. The molecule has 2 aromatic rings. The third kappa shape index (κ3) is 4.23. The van der Waals surface area contributed by atoms with Gasteiger partial charge in [0.2, 0.25) is 20.0 Å². The molecular weight excluding hydrogens is 500 g/mol. The van der Waals surface area contributed by atoms with E-state index in [-0.39, 0.29) is 43.9 Å². The molecule has 2 aliphatic heterocycles. The van der Waals surface area contributed by atoms with Crippen LogP contribution in [0, 0.1) is 11.8 Å². The highest BCUT2D eigenvalue weighted by atomic mass is 32.2. The summed E-state index contributed by atoms with van der Waals surface area (Å²) in [5.74, 6) is -0.474. The van der Waals surface area contributed by atoms with Crippen molar-refractivity contribution >= 4 is 31.6 Å². The Morgan fingerprint density at radius 1 is 0.639 bits per heavy atom. The van der Waals surface area contributed by atoms with Crippen molar-refractivity contribution in [1.29, 1.82) is 0 Å². The fourth-order valence-corrected chi connectivity index (χ4v) is 8.71. The van der Waals surface area contributed by atoms with E-state index in [1.165, 1.54) is 45.0 Å². The van der Waals surface area contributed by atoms with E-state index < -0.39 is 31.6 Å². The maximum atomic E-state index is 13.3. The highest BCUT2D eigenvalue weighted by Crippen LogP contribution is 2.33. The van der Waals surface area contributed by atoms with Crippen LogP contribution >= 0.6 is 0 Å². The summed E-state index contributed by atoms with van der Waals surface area (Å²) >= 11 is 0. The Balaban J connectivity index is 1.50. The number of piperidine rings is 2. The maximum absolute atomic E-state index is 13.3. The molecule has 2 fully saturated rings. The lowest BCUT2D eigenvalue weighted by Gasteiger charge is -2.30. The molecule has 0 saturated carbocycles. The van der Waals surface area contributed by atoms with E-state index in [9.17, 15) is 26.4 Å². The standard InChI is InChI=1S/C26H30N2O6S2/c1-17-5-3-11-27(15-17)35(31,32)19-7-9-21-23(13-19)25(29)22-10-8-20(14-24(22)26(21)30)36(33,34)28-12-4-6-18(2)16-28/h7-10,13-14,17-18H,3-6,11-12,15-16H2,1-2H3. The Bertz CT molecular complexity index is 1350. The van der Waals surface area contributed by atoms with Crippen molar-refractivity contribution < 1.29 is 26.4 Å². The third-order valence-corrected chi connectivity index (χ3v) is 11.2. The van der Waals surface area contributed by atoms with E-state index in [4.69, 9.17) is 0 Å². The number of carbonyl (C=O) groups excluding carboxylic acids is 2. The second-order valence-corrected chi connectivity index (χ2v) is 14.2. The molecular formula is C26H30N2O6S2. The smallest absolute Gasteiger partial charge is 0.243 e. The highest BCUT2D eigenvalue weighted by Gasteiger charge is 2.36. The van der Waals surface area contributed by atoms with E-state index in [0.717, 1.165) is 25.7 Å². The zero-order chi connectivity index (χ0) is 25.8. The Hall–Kier alpha value is -2.40. The molecule has 2 unspecified atom stereocenters. The monoisotopic (exact) mass is 530 g/mol. The van der Waals surface area contributed by atoms with Gasteiger partial charge in [-0.05, 0) is 73.9 Å². The van der Waals surface area contributed by atoms with Gasteiger partial charge in [-0.2, -0.15) is 8.61 Å². The lowest BCUT2D eigenvalue weighted by Crippen LogP contribution is -2.39. The van der Waals surface area contributed by atoms with Gasteiger partial charge in [-0.15, -0.1) is 0 Å². The van der Waals surface area contributed by atoms with E-state index in [1.54, 1.807) is 0 Å². The normalized spacial score (nSPS) is 23.8. The number of carbonyl (C=O) groups is 2. The summed E-state index contributed by atoms with van der Waals surface area (Å²) in [6, 6.07) is 8.02. The molecule has 10 heteroatoms. The van der Waals surface area contributed by atoms with Crippen LogP contribution in [0.4, 0.5) is 0 Å². The Labute approximate surface area is 212 Å². The van der Waals surface area contributed by atoms with Crippen molar-refractivity contribution in [3.8, 4) is 0 Å². The molecule has 36 heavy (non-hydrogen) atoms. The minimum atomic E-state index is -3.80. The number of hydrogen-bond acceptors (Lipinski definition) is 6. The largest absolute Gasteiger partial charge is 0.289 e. The van der Waals surface area contributed by atoms with Gasteiger partial charge in [-0.25, -0.2) is 16.8 Å². The number of nitrogens with zero attached hydrogens (tertiary/aromatic N) is 2. The van der Waals surface area contributed by atoms with Gasteiger partial charge >= 0.3 is 0 Å². The second kappa shape index (κ2) is 9.16. The van der Waals surface area contributed by atoms with Crippen LogP contribution < -0.4 is 0 Å².